The van der Waals surface area contributed by atoms with Crippen LogP contribution in [0.1, 0.15) is 17.1 Å². The fraction of sp³-hybridized carbons (Fsp3) is 0.222. The van der Waals surface area contributed by atoms with Crippen molar-refractivity contribution in [1.29, 1.82) is 0 Å². The molecule has 0 atom stereocenters. The Bertz CT molecular complexity index is 335. The fourth-order valence-electron chi connectivity index (χ4n) is 0.938. The third-order valence-electron chi connectivity index (χ3n) is 1.60. The van der Waals surface area contributed by atoms with Crippen LogP contribution in [0.2, 0.25) is 0 Å². The third-order valence-corrected chi connectivity index (χ3v) is 1.60. The Kier molecular flexibility index (Phi) is 2.87. The van der Waals surface area contributed by atoms with Crippen LogP contribution in [0, 0.1) is 6.92 Å². The molecular weight excluding hydrogens is 172 g/mol. The van der Waals surface area contributed by atoms with Crippen molar-refractivity contribution in [3.8, 4) is 0 Å². The Morgan fingerprint density at radius 3 is 2.85 bits per heavy atom. The summed E-state index contributed by atoms with van der Waals surface area (Å²) in [4.78, 5) is 10.2. The van der Waals surface area contributed by atoms with Gasteiger partial charge in [0.15, 0.2) is 0 Å². The summed E-state index contributed by atoms with van der Waals surface area (Å²) >= 11 is 0. The zero-order valence-electron chi connectivity index (χ0n) is 7.15. The van der Waals surface area contributed by atoms with Crippen LogP contribution in [-0.2, 0) is 11.4 Å². The molecule has 1 heterocycles. The number of carboxylic acids is 1. The van der Waals surface area contributed by atoms with Gasteiger partial charge in [0, 0.05) is 11.6 Å². The van der Waals surface area contributed by atoms with Gasteiger partial charge in [0.05, 0.1) is 6.61 Å². The maximum atomic E-state index is 10.2. The summed E-state index contributed by atoms with van der Waals surface area (Å²) in [5.41, 5.74) is 0.671. The summed E-state index contributed by atoms with van der Waals surface area (Å²) in [5, 5.41) is 17.1. The van der Waals surface area contributed by atoms with Crippen LogP contribution in [0.3, 0.4) is 0 Å². The highest BCUT2D eigenvalue weighted by atomic mass is 16.4. The van der Waals surface area contributed by atoms with Crippen LogP contribution in [0.15, 0.2) is 16.6 Å². The van der Waals surface area contributed by atoms with Crippen molar-refractivity contribution in [3.05, 3.63) is 29.2 Å². The molecule has 0 aliphatic heterocycles. The lowest BCUT2D eigenvalue weighted by Gasteiger charge is -1.86. The summed E-state index contributed by atoms with van der Waals surface area (Å²) in [6.45, 7) is 1.61. The van der Waals surface area contributed by atoms with Crippen LogP contribution in [0.4, 0.5) is 0 Å². The van der Waals surface area contributed by atoms with Gasteiger partial charge in [0.2, 0.25) is 0 Å². The molecule has 13 heavy (non-hydrogen) atoms. The summed E-state index contributed by atoms with van der Waals surface area (Å²) in [6, 6.07) is 1.61. The highest BCUT2D eigenvalue weighted by Crippen LogP contribution is 2.15. The number of aryl methyl sites for hydroxylation is 1. The molecular formula is C9H10O4. The van der Waals surface area contributed by atoms with Gasteiger partial charge >= 0.3 is 5.97 Å². The van der Waals surface area contributed by atoms with Gasteiger partial charge in [-0.05, 0) is 19.1 Å². The lowest BCUT2D eigenvalue weighted by Crippen LogP contribution is -1.84. The Hall–Kier alpha value is -1.55. The van der Waals surface area contributed by atoms with E-state index in [1.54, 1.807) is 13.0 Å². The van der Waals surface area contributed by atoms with Crippen molar-refractivity contribution in [1.82, 2.24) is 0 Å². The van der Waals surface area contributed by atoms with E-state index >= 15 is 0 Å². The molecule has 0 amide bonds. The average Bonchev–Trinajstić information content (AvgIpc) is 2.43. The predicted molar refractivity (Wildman–Crippen MR) is 46.0 cm³/mol. The van der Waals surface area contributed by atoms with E-state index in [1.165, 1.54) is 6.08 Å². The SMILES string of the molecule is Cc1oc(/C=C/C(=O)O)cc1CO. The van der Waals surface area contributed by atoms with E-state index in [1.807, 2.05) is 0 Å². The standard InChI is InChI=1S/C9H10O4/c1-6-7(5-10)4-8(13-6)2-3-9(11)12/h2-4,10H,5H2,1H3,(H,11,12)/b3-2+. The van der Waals surface area contributed by atoms with E-state index in [0.717, 1.165) is 6.08 Å². The molecule has 1 rings (SSSR count). The van der Waals surface area contributed by atoms with Crippen molar-refractivity contribution < 1.29 is 19.4 Å². The van der Waals surface area contributed by atoms with Crippen molar-refractivity contribution in [2.45, 2.75) is 13.5 Å². The predicted octanol–water partition coefficient (Wildman–Crippen LogP) is 1.18. The normalized spacial score (nSPS) is 10.9. The summed E-state index contributed by atoms with van der Waals surface area (Å²) in [6.07, 6.45) is 2.33. The number of aliphatic carboxylic acids is 1. The molecule has 0 aliphatic rings. The molecule has 4 heteroatoms. The second-order valence-electron chi connectivity index (χ2n) is 2.56. The Morgan fingerprint density at radius 1 is 1.69 bits per heavy atom. The number of aliphatic hydroxyl groups excluding tert-OH is 1. The van der Waals surface area contributed by atoms with Crippen molar-refractivity contribution in [3.63, 3.8) is 0 Å². The molecule has 0 aliphatic carbocycles. The average molecular weight is 182 g/mol. The van der Waals surface area contributed by atoms with E-state index in [9.17, 15) is 4.79 Å². The molecule has 0 unspecified atom stereocenters. The minimum absolute atomic E-state index is 0.101. The Morgan fingerprint density at radius 2 is 2.38 bits per heavy atom. The number of hydrogen-bond acceptors (Lipinski definition) is 3. The van der Waals surface area contributed by atoms with Gasteiger partial charge in [-0.25, -0.2) is 4.79 Å². The molecule has 4 nitrogen and oxygen atoms in total. The van der Waals surface area contributed by atoms with Crippen LogP contribution >= 0.6 is 0 Å². The number of furan rings is 1. The first-order valence-electron chi connectivity index (χ1n) is 3.74. The summed E-state index contributed by atoms with van der Waals surface area (Å²) in [7, 11) is 0. The van der Waals surface area contributed by atoms with Gasteiger partial charge in [-0.15, -0.1) is 0 Å². The first-order valence-corrected chi connectivity index (χ1v) is 3.74. The van der Waals surface area contributed by atoms with E-state index in [4.69, 9.17) is 14.6 Å². The molecule has 70 valence electrons. The second-order valence-corrected chi connectivity index (χ2v) is 2.56. The lowest BCUT2D eigenvalue weighted by atomic mass is 10.2. The Balaban J connectivity index is 2.85. The third kappa shape index (κ3) is 2.45. The maximum Gasteiger partial charge on any atom is 0.328 e. The largest absolute Gasteiger partial charge is 0.478 e. The minimum Gasteiger partial charge on any atom is -0.478 e. The molecule has 0 radical (unpaired) electrons. The van der Waals surface area contributed by atoms with Crippen molar-refractivity contribution >= 4 is 12.0 Å². The number of rotatable bonds is 3. The molecule has 0 aromatic carbocycles. The van der Waals surface area contributed by atoms with Gasteiger partial charge < -0.3 is 14.6 Å². The number of carboxylic acid groups (broad SMARTS) is 1. The van der Waals surface area contributed by atoms with Crippen LogP contribution in [-0.4, -0.2) is 16.2 Å². The van der Waals surface area contributed by atoms with Gasteiger partial charge in [0.1, 0.15) is 11.5 Å². The summed E-state index contributed by atoms with van der Waals surface area (Å²) in [5.74, 6) is 0.0103. The van der Waals surface area contributed by atoms with Gasteiger partial charge in [0.25, 0.3) is 0 Å². The van der Waals surface area contributed by atoms with Gasteiger partial charge in [-0.2, -0.15) is 0 Å². The first kappa shape index (κ1) is 9.54. The fourth-order valence-corrected chi connectivity index (χ4v) is 0.938. The molecule has 0 bridgehead atoms. The van der Waals surface area contributed by atoms with E-state index in [2.05, 4.69) is 0 Å². The zero-order chi connectivity index (χ0) is 9.84. The lowest BCUT2D eigenvalue weighted by molar-refractivity contribution is -0.131. The highest BCUT2D eigenvalue weighted by molar-refractivity contribution is 5.84. The molecule has 1 aromatic rings. The number of carbonyl (C=O) groups is 1. The molecule has 0 saturated heterocycles. The van der Waals surface area contributed by atoms with E-state index in [-0.39, 0.29) is 6.61 Å². The molecule has 1 aromatic heterocycles. The number of hydrogen-bond donors (Lipinski definition) is 2. The summed E-state index contributed by atoms with van der Waals surface area (Å²) < 4.78 is 5.15. The highest BCUT2D eigenvalue weighted by Gasteiger charge is 2.03. The zero-order valence-corrected chi connectivity index (χ0v) is 7.15. The topological polar surface area (TPSA) is 70.7 Å². The van der Waals surface area contributed by atoms with Gasteiger partial charge in [-0.3, -0.25) is 0 Å². The first-order chi connectivity index (χ1) is 6.13. The molecule has 0 fully saturated rings. The monoisotopic (exact) mass is 182 g/mol. The van der Waals surface area contributed by atoms with Crippen LogP contribution in [0.25, 0.3) is 6.08 Å². The van der Waals surface area contributed by atoms with E-state index < -0.39 is 5.97 Å². The van der Waals surface area contributed by atoms with E-state index in [0.29, 0.717) is 17.1 Å². The molecule has 2 N–H and O–H groups in total. The smallest absolute Gasteiger partial charge is 0.328 e. The maximum absolute atomic E-state index is 10.2. The van der Waals surface area contributed by atoms with Crippen molar-refractivity contribution in [2.24, 2.45) is 0 Å². The minimum atomic E-state index is -1.03. The quantitative estimate of drug-likeness (QED) is 0.688. The van der Waals surface area contributed by atoms with Crippen LogP contribution < -0.4 is 0 Å². The second kappa shape index (κ2) is 3.91. The van der Waals surface area contributed by atoms with Crippen molar-refractivity contribution in [2.75, 3.05) is 0 Å². The van der Waals surface area contributed by atoms with Crippen LogP contribution in [0.5, 0.6) is 0 Å². The molecule has 0 saturated carbocycles. The Labute approximate surface area is 75.1 Å². The molecule has 0 spiro atoms. The number of aliphatic hydroxyl groups is 1. The van der Waals surface area contributed by atoms with Gasteiger partial charge in [-0.1, -0.05) is 0 Å².